The first kappa shape index (κ1) is 27.2. The second kappa shape index (κ2) is 10.1. The highest BCUT2D eigenvalue weighted by molar-refractivity contribution is 7.92. The van der Waals surface area contributed by atoms with Crippen LogP contribution in [-0.2, 0) is 14.6 Å². The quantitative estimate of drug-likeness (QED) is 0.458. The number of benzene rings is 2. The molecule has 2 aromatic rings. The Kier molecular flexibility index (Phi) is 7.46. The van der Waals surface area contributed by atoms with Crippen molar-refractivity contribution in [2.45, 2.75) is 41.4 Å². The Morgan fingerprint density at radius 1 is 1.11 bits per heavy atom. The molecule has 0 aliphatic heterocycles. The van der Waals surface area contributed by atoms with Gasteiger partial charge < -0.3 is 20.5 Å². The Balaban J connectivity index is 1.57. The van der Waals surface area contributed by atoms with Gasteiger partial charge in [0, 0.05) is 30.4 Å². The molecule has 0 saturated heterocycles. The van der Waals surface area contributed by atoms with Crippen LogP contribution >= 0.6 is 11.6 Å². The Morgan fingerprint density at radius 2 is 1.70 bits per heavy atom. The molecule has 0 aromatic heterocycles. The summed E-state index contributed by atoms with van der Waals surface area (Å²) in [5, 5.41) is 14.5. The lowest BCUT2D eigenvalue weighted by Crippen LogP contribution is -2.49. The fraction of sp³-hybridized carbons (Fsp3) is 0.417. The third-order valence-corrected chi connectivity index (χ3v) is 9.78. The number of aliphatic hydroxyl groups is 1. The first-order chi connectivity index (χ1) is 17.3. The zero-order chi connectivity index (χ0) is 27.1. The summed E-state index contributed by atoms with van der Waals surface area (Å²) in [7, 11) is -2.69. The molecule has 2 aliphatic carbocycles. The first-order valence-corrected chi connectivity index (χ1v) is 13.3. The van der Waals surface area contributed by atoms with Gasteiger partial charge in [0.15, 0.2) is 27.3 Å². The number of halogens is 4. The Labute approximate surface area is 216 Å². The monoisotopic (exact) mass is 560 g/mol. The number of carbonyl (C=O) groups is 2. The zero-order valence-corrected chi connectivity index (χ0v) is 21.1. The molecule has 2 aromatic carbocycles. The van der Waals surface area contributed by atoms with E-state index in [1.165, 1.54) is 19.2 Å². The molecule has 2 fully saturated rings. The summed E-state index contributed by atoms with van der Waals surface area (Å²) in [6, 6.07) is 4.75. The number of amides is 2. The van der Waals surface area contributed by atoms with Crippen molar-refractivity contribution in [2.24, 2.45) is 11.8 Å². The summed E-state index contributed by atoms with van der Waals surface area (Å²) < 4.78 is 72.7. The van der Waals surface area contributed by atoms with Gasteiger partial charge in [0.25, 0.3) is 5.91 Å². The molecular formula is C24H24ClF3N2O6S. The van der Waals surface area contributed by atoms with E-state index in [0.717, 1.165) is 6.07 Å². The lowest BCUT2D eigenvalue weighted by Gasteiger charge is -2.40. The van der Waals surface area contributed by atoms with Crippen molar-refractivity contribution in [2.75, 3.05) is 19.0 Å². The maximum absolute atomic E-state index is 13.7. The van der Waals surface area contributed by atoms with Crippen LogP contribution in [0.5, 0.6) is 0 Å². The minimum atomic E-state index is -4.08. The van der Waals surface area contributed by atoms with Crippen LogP contribution in [0.1, 0.15) is 36.0 Å². The van der Waals surface area contributed by atoms with Crippen molar-refractivity contribution in [3.8, 4) is 0 Å². The molecule has 0 heterocycles. The van der Waals surface area contributed by atoms with Crippen LogP contribution in [-0.4, -0.2) is 50.0 Å². The minimum absolute atomic E-state index is 0.101. The van der Waals surface area contributed by atoms with Crippen molar-refractivity contribution in [3.05, 3.63) is 58.4 Å². The Bertz CT molecular complexity index is 1320. The van der Waals surface area contributed by atoms with E-state index in [9.17, 15) is 36.3 Å². The van der Waals surface area contributed by atoms with Crippen molar-refractivity contribution >= 4 is 39.1 Å². The van der Waals surface area contributed by atoms with E-state index in [1.54, 1.807) is 0 Å². The van der Waals surface area contributed by atoms with Crippen molar-refractivity contribution in [3.63, 3.8) is 0 Å². The molecule has 8 nitrogen and oxygen atoms in total. The van der Waals surface area contributed by atoms with Crippen molar-refractivity contribution < 1.29 is 41.0 Å². The van der Waals surface area contributed by atoms with Gasteiger partial charge in [-0.25, -0.2) is 26.4 Å². The molecule has 0 spiro atoms. The van der Waals surface area contributed by atoms with Crippen LogP contribution < -0.4 is 10.6 Å². The summed E-state index contributed by atoms with van der Waals surface area (Å²) in [6.07, 6.45) is 0.573. The number of rotatable bonds is 6. The average Bonchev–Trinajstić information content (AvgIpc) is 3.14. The van der Waals surface area contributed by atoms with Crippen LogP contribution in [0.15, 0.2) is 35.2 Å². The van der Waals surface area contributed by atoms with E-state index in [0.29, 0.717) is 25.0 Å². The van der Waals surface area contributed by atoms with Crippen LogP contribution in [0.3, 0.4) is 0 Å². The molecule has 4 rings (SSSR count). The Hall–Kier alpha value is -2.83. The third kappa shape index (κ3) is 5.41. The lowest BCUT2D eigenvalue weighted by molar-refractivity contribution is -0.0632. The maximum atomic E-state index is 13.7. The molecule has 2 bridgehead atoms. The molecule has 37 heavy (non-hydrogen) atoms. The smallest absolute Gasteiger partial charge is 0.406 e. The second-order valence-corrected chi connectivity index (χ2v) is 11.9. The predicted molar refractivity (Wildman–Crippen MR) is 128 cm³/mol. The fourth-order valence-corrected chi connectivity index (χ4v) is 8.22. The Morgan fingerprint density at radius 3 is 2.27 bits per heavy atom. The number of hydrogen-bond donors (Lipinski definition) is 3. The highest BCUT2D eigenvalue weighted by Crippen LogP contribution is 2.51. The van der Waals surface area contributed by atoms with Gasteiger partial charge in [-0.1, -0.05) is 11.6 Å². The lowest BCUT2D eigenvalue weighted by atomic mass is 9.77. The highest BCUT2D eigenvalue weighted by Gasteiger charge is 2.54. The average molecular weight is 561 g/mol. The van der Waals surface area contributed by atoms with Crippen LogP contribution in [0.25, 0.3) is 0 Å². The molecule has 0 radical (unpaired) electrons. The number of anilines is 1. The summed E-state index contributed by atoms with van der Waals surface area (Å²) in [5.41, 5.74) is -1.87. The van der Waals surface area contributed by atoms with Gasteiger partial charge in [-0.2, -0.15) is 0 Å². The van der Waals surface area contributed by atoms with Crippen molar-refractivity contribution in [1.29, 1.82) is 0 Å². The SMILES string of the molecule is CNC(=O)OCC1(O)CC2CCC(C1)C2S(=O)(=O)c1cc(C(=O)Nc2cc(F)c(F)c(F)c2)ccc1Cl. The number of ether oxygens (including phenoxy) is 1. The third-order valence-electron chi connectivity index (χ3n) is 6.90. The van der Waals surface area contributed by atoms with Gasteiger partial charge in [0.1, 0.15) is 6.61 Å². The topological polar surface area (TPSA) is 122 Å². The van der Waals surface area contributed by atoms with E-state index >= 15 is 0 Å². The summed E-state index contributed by atoms with van der Waals surface area (Å²) in [5.74, 6) is -6.43. The second-order valence-electron chi connectivity index (χ2n) is 9.42. The van der Waals surface area contributed by atoms with Gasteiger partial charge in [0.2, 0.25) is 0 Å². The molecule has 2 unspecified atom stereocenters. The number of carbonyl (C=O) groups excluding carboxylic acids is 2. The van der Waals surface area contributed by atoms with E-state index in [-0.39, 0.29) is 40.6 Å². The number of hydrogen-bond acceptors (Lipinski definition) is 6. The van der Waals surface area contributed by atoms with Crippen LogP contribution in [0.4, 0.5) is 23.7 Å². The molecular weight excluding hydrogens is 537 g/mol. The fourth-order valence-electron chi connectivity index (χ4n) is 5.37. The maximum Gasteiger partial charge on any atom is 0.406 e. The minimum Gasteiger partial charge on any atom is -0.447 e. The van der Waals surface area contributed by atoms with Gasteiger partial charge in [-0.3, -0.25) is 4.79 Å². The number of sulfone groups is 1. The van der Waals surface area contributed by atoms with Crippen molar-refractivity contribution in [1.82, 2.24) is 5.32 Å². The van der Waals surface area contributed by atoms with Gasteiger partial charge in [-0.05, 0) is 55.7 Å². The summed E-state index contributed by atoms with van der Waals surface area (Å²) in [6.45, 7) is -0.270. The standard InChI is InChI=1S/C24H24ClF3N2O6S/c1-29-23(32)36-11-24(33)9-13-2-3-14(10-24)21(13)37(34,35)19-6-12(4-5-16(19)25)22(31)30-15-7-17(26)20(28)18(27)8-15/h4-8,13-14,21,33H,2-3,9-11H2,1H3,(H,29,32)(H,30,31). The van der Waals surface area contributed by atoms with Gasteiger partial charge in [0.05, 0.1) is 20.8 Å². The number of fused-ring (bicyclic) bond motifs is 2. The zero-order valence-electron chi connectivity index (χ0n) is 19.6. The van der Waals surface area contributed by atoms with Gasteiger partial charge >= 0.3 is 6.09 Å². The first-order valence-electron chi connectivity index (χ1n) is 11.4. The number of nitrogens with one attached hydrogen (secondary N) is 2. The van der Waals surface area contributed by atoms with E-state index < -0.39 is 62.0 Å². The molecule has 2 saturated carbocycles. The summed E-state index contributed by atoms with van der Waals surface area (Å²) in [4.78, 5) is 23.8. The predicted octanol–water partition coefficient (Wildman–Crippen LogP) is 4.06. The molecule has 13 heteroatoms. The number of alkyl carbamates (subject to hydrolysis) is 1. The molecule has 200 valence electrons. The molecule has 3 N–H and O–H groups in total. The van der Waals surface area contributed by atoms with Gasteiger partial charge in [-0.15, -0.1) is 0 Å². The van der Waals surface area contributed by atoms with E-state index in [4.69, 9.17) is 16.3 Å². The van der Waals surface area contributed by atoms with E-state index in [1.807, 2.05) is 0 Å². The molecule has 2 amide bonds. The highest BCUT2D eigenvalue weighted by atomic mass is 35.5. The largest absolute Gasteiger partial charge is 0.447 e. The molecule has 2 atom stereocenters. The summed E-state index contributed by atoms with van der Waals surface area (Å²) >= 11 is 6.23. The molecule has 2 aliphatic rings. The van der Waals surface area contributed by atoms with Crippen LogP contribution in [0.2, 0.25) is 5.02 Å². The van der Waals surface area contributed by atoms with Crippen LogP contribution in [0, 0.1) is 29.3 Å². The normalized spacial score (nSPS) is 25.0. The van der Waals surface area contributed by atoms with E-state index in [2.05, 4.69) is 10.6 Å².